The Kier molecular flexibility index (Phi) is 5.48. The summed E-state index contributed by atoms with van der Waals surface area (Å²) in [5.41, 5.74) is 1.63. The molecule has 31 heavy (non-hydrogen) atoms. The van der Waals surface area contributed by atoms with Crippen molar-refractivity contribution in [3.05, 3.63) is 53.1 Å². The first-order chi connectivity index (χ1) is 15.1. The monoisotopic (exact) mass is 440 g/mol. The lowest BCUT2D eigenvalue weighted by Gasteiger charge is -2.39. The van der Waals surface area contributed by atoms with Gasteiger partial charge >= 0.3 is 0 Å². The van der Waals surface area contributed by atoms with Crippen molar-refractivity contribution < 1.29 is 19.1 Å². The highest BCUT2D eigenvalue weighted by molar-refractivity contribution is 6.30. The summed E-state index contributed by atoms with van der Waals surface area (Å²) in [5, 5.41) is 0.624. The number of rotatable bonds is 2. The molecule has 0 bridgehead atoms. The zero-order chi connectivity index (χ0) is 21.4. The molecule has 2 atom stereocenters. The number of benzene rings is 2. The van der Waals surface area contributed by atoms with Crippen LogP contribution in [0.3, 0.4) is 0 Å². The van der Waals surface area contributed by atoms with Gasteiger partial charge in [-0.2, -0.15) is 0 Å². The van der Waals surface area contributed by atoms with Gasteiger partial charge in [-0.1, -0.05) is 23.7 Å². The minimum Gasteiger partial charge on any atom is -0.492 e. The van der Waals surface area contributed by atoms with Gasteiger partial charge < -0.3 is 19.3 Å². The van der Waals surface area contributed by atoms with Crippen LogP contribution in [0.1, 0.15) is 24.8 Å². The molecular weight excluding hydrogens is 416 g/mol. The Bertz CT molecular complexity index is 1000. The van der Waals surface area contributed by atoms with E-state index in [1.54, 1.807) is 11.0 Å². The van der Waals surface area contributed by atoms with Gasteiger partial charge in [0.1, 0.15) is 18.1 Å². The number of likely N-dealkylation sites (tertiary alicyclic amines) is 1. The molecule has 0 unspecified atom stereocenters. The number of carbonyl (C=O) groups excluding carboxylic acids is 2. The molecule has 0 spiro atoms. The first-order valence-electron chi connectivity index (χ1n) is 10.9. The molecule has 0 aliphatic carbocycles. The molecule has 3 heterocycles. The first-order valence-corrected chi connectivity index (χ1v) is 11.2. The van der Waals surface area contributed by atoms with E-state index in [-0.39, 0.29) is 24.3 Å². The van der Waals surface area contributed by atoms with Crippen molar-refractivity contribution in [2.24, 2.45) is 5.92 Å². The summed E-state index contributed by atoms with van der Waals surface area (Å²) >= 11 is 6.14. The van der Waals surface area contributed by atoms with E-state index in [0.717, 1.165) is 43.7 Å². The zero-order valence-electron chi connectivity index (χ0n) is 17.3. The Morgan fingerprint density at radius 2 is 1.77 bits per heavy atom. The molecule has 0 N–H and O–H groups in total. The Hall–Kier alpha value is -2.73. The maximum atomic E-state index is 13.6. The van der Waals surface area contributed by atoms with Crippen LogP contribution in [0.25, 0.3) is 0 Å². The van der Waals surface area contributed by atoms with Gasteiger partial charge in [0.2, 0.25) is 5.91 Å². The molecule has 2 aromatic carbocycles. The Morgan fingerprint density at radius 3 is 2.61 bits per heavy atom. The molecule has 5 rings (SSSR count). The van der Waals surface area contributed by atoms with Crippen LogP contribution in [-0.4, -0.2) is 49.1 Å². The van der Waals surface area contributed by atoms with Gasteiger partial charge in [-0.25, -0.2) is 0 Å². The second-order valence-corrected chi connectivity index (χ2v) is 8.81. The number of piperidine rings is 1. The summed E-state index contributed by atoms with van der Waals surface area (Å²) in [6.45, 7) is 2.02. The highest BCUT2D eigenvalue weighted by atomic mass is 35.5. The van der Waals surface area contributed by atoms with Crippen LogP contribution in [0.5, 0.6) is 11.5 Å². The van der Waals surface area contributed by atoms with Crippen LogP contribution in [0.2, 0.25) is 5.02 Å². The van der Waals surface area contributed by atoms with Crippen molar-refractivity contribution in [3.8, 4) is 11.5 Å². The third kappa shape index (κ3) is 3.97. The normalized spacial score (nSPS) is 22.6. The van der Waals surface area contributed by atoms with Crippen molar-refractivity contribution >= 4 is 29.1 Å². The number of carbonyl (C=O) groups is 2. The largest absolute Gasteiger partial charge is 0.492 e. The van der Waals surface area contributed by atoms with Gasteiger partial charge in [0.05, 0.1) is 18.2 Å². The van der Waals surface area contributed by atoms with Crippen molar-refractivity contribution in [2.45, 2.75) is 31.8 Å². The fourth-order valence-corrected chi connectivity index (χ4v) is 4.83. The molecule has 162 valence electrons. The van der Waals surface area contributed by atoms with Gasteiger partial charge in [-0.15, -0.1) is 0 Å². The summed E-state index contributed by atoms with van der Waals surface area (Å²) in [7, 11) is 0. The van der Waals surface area contributed by atoms with Crippen molar-refractivity contribution in [1.29, 1.82) is 0 Å². The standard InChI is InChI=1S/C24H25ClN2O4/c25-18-8-9-20-16(13-18)12-17(15-30-20)23(28)27-14-22(24(29)26-10-4-1-5-11-26)31-21-7-3-2-6-19(21)27/h2-3,6-9,13,17,22H,1,4-5,10-12,14-15H2/t17-,22+/m1/s1. The molecule has 3 aliphatic rings. The predicted octanol–water partition coefficient (Wildman–Crippen LogP) is 3.70. The van der Waals surface area contributed by atoms with Gasteiger partial charge in [0, 0.05) is 18.1 Å². The molecule has 0 aromatic heterocycles. The van der Waals surface area contributed by atoms with Crippen LogP contribution < -0.4 is 14.4 Å². The van der Waals surface area contributed by atoms with E-state index < -0.39 is 6.10 Å². The molecule has 3 aliphatic heterocycles. The van der Waals surface area contributed by atoms with Gasteiger partial charge in [0.15, 0.2) is 6.10 Å². The van der Waals surface area contributed by atoms with E-state index in [9.17, 15) is 9.59 Å². The lowest BCUT2D eigenvalue weighted by molar-refractivity contribution is -0.139. The number of amides is 2. The minimum absolute atomic E-state index is 0.0379. The quantitative estimate of drug-likeness (QED) is 0.714. The molecule has 6 nitrogen and oxygen atoms in total. The second-order valence-electron chi connectivity index (χ2n) is 8.37. The first kappa shape index (κ1) is 20.2. The number of ether oxygens (including phenoxy) is 2. The van der Waals surface area contributed by atoms with Gasteiger partial charge in [-0.05, 0) is 61.6 Å². The molecule has 1 saturated heterocycles. The summed E-state index contributed by atoms with van der Waals surface area (Å²) < 4.78 is 11.9. The fraction of sp³-hybridized carbons (Fsp3) is 0.417. The molecular formula is C24H25ClN2O4. The number of para-hydroxylation sites is 2. The smallest absolute Gasteiger partial charge is 0.265 e. The van der Waals surface area contributed by atoms with Crippen LogP contribution in [0.4, 0.5) is 5.69 Å². The SMILES string of the molecule is O=C([C@@H]1CN(C(=O)[C@H]2COc3ccc(Cl)cc3C2)c2ccccc2O1)N1CCCCC1. The minimum atomic E-state index is -0.691. The summed E-state index contributed by atoms with van der Waals surface area (Å²) in [4.78, 5) is 30.3. The van der Waals surface area contributed by atoms with E-state index in [4.69, 9.17) is 21.1 Å². The summed E-state index contributed by atoms with van der Waals surface area (Å²) in [6, 6.07) is 12.9. The zero-order valence-corrected chi connectivity index (χ0v) is 18.0. The molecule has 7 heteroatoms. The van der Waals surface area contributed by atoms with E-state index in [1.165, 1.54) is 0 Å². The Balaban J connectivity index is 1.39. The van der Waals surface area contributed by atoms with Crippen molar-refractivity contribution in [2.75, 3.05) is 31.1 Å². The molecule has 1 fully saturated rings. The summed E-state index contributed by atoms with van der Waals surface area (Å²) in [6.07, 6.45) is 3.04. The second kappa shape index (κ2) is 8.42. The maximum absolute atomic E-state index is 13.6. The number of hydrogen-bond donors (Lipinski definition) is 0. The average Bonchev–Trinajstić information content (AvgIpc) is 2.82. The third-order valence-corrected chi connectivity index (χ3v) is 6.50. The van der Waals surface area contributed by atoms with Gasteiger partial charge in [-0.3, -0.25) is 9.59 Å². The Morgan fingerprint density at radius 1 is 0.968 bits per heavy atom. The highest BCUT2D eigenvalue weighted by Gasteiger charge is 2.39. The number of hydrogen-bond acceptors (Lipinski definition) is 4. The summed E-state index contributed by atoms with van der Waals surface area (Å²) in [5.74, 6) is 0.899. The van der Waals surface area contributed by atoms with Crippen LogP contribution in [-0.2, 0) is 16.0 Å². The fourth-order valence-electron chi connectivity index (χ4n) is 4.63. The number of fused-ring (bicyclic) bond motifs is 2. The predicted molar refractivity (Wildman–Crippen MR) is 118 cm³/mol. The van der Waals surface area contributed by atoms with Crippen molar-refractivity contribution in [3.63, 3.8) is 0 Å². The molecule has 2 amide bonds. The van der Waals surface area contributed by atoms with E-state index >= 15 is 0 Å². The van der Waals surface area contributed by atoms with E-state index in [2.05, 4.69) is 0 Å². The van der Waals surface area contributed by atoms with Crippen molar-refractivity contribution in [1.82, 2.24) is 4.90 Å². The van der Waals surface area contributed by atoms with Crippen LogP contribution in [0.15, 0.2) is 42.5 Å². The lowest BCUT2D eigenvalue weighted by atomic mass is 9.94. The van der Waals surface area contributed by atoms with E-state index in [1.807, 2.05) is 41.3 Å². The number of nitrogens with zero attached hydrogens (tertiary/aromatic N) is 2. The Labute approximate surface area is 186 Å². The molecule has 0 saturated carbocycles. The number of anilines is 1. The molecule has 2 aromatic rings. The number of halogens is 1. The maximum Gasteiger partial charge on any atom is 0.265 e. The molecule has 0 radical (unpaired) electrons. The third-order valence-electron chi connectivity index (χ3n) is 6.26. The van der Waals surface area contributed by atoms with E-state index in [0.29, 0.717) is 29.5 Å². The topological polar surface area (TPSA) is 59.1 Å². The van der Waals surface area contributed by atoms with Gasteiger partial charge in [0.25, 0.3) is 5.91 Å². The lowest BCUT2D eigenvalue weighted by Crippen LogP contribution is -2.54. The van der Waals surface area contributed by atoms with Crippen LogP contribution in [0, 0.1) is 5.92 Å². The van der Waals surface area contributed by atoms with Crippen LogP contribution >= 0.6 is 11.6 Å². The average molecular weight is 441 g/mol. The highest BCUT2D eigenvalue weighted by Crippen LogP contribution is 2.37.